The summed E-state index contributed by atoms with van der Waals surface area (Å²) in [6, 6.07) is 15.4. The van der Waals surface area contributed by atoms with Gasteiger partial charge in [0.1, 0.15) is 13.2 Å². The van der Waals surface area contributed by atoms with E-state index < -0.39 is 5.82 Å². The van der Waals surface area contributed by atoms with Crippen LogP contribution in [0.3, 0.4) is 0 Å². The maximum atomic E-state index is 14.1. The summed E-state index contributed by atoms with van der Waals surface area (Å²) >= 11 is 1.66. The number of para-hydroxylation sites is 1. The number of hydrogen-bond acceptors (Lipinski definition) is 4. The molecule has 0 bridgehead atoms. The van der Waals surface area contributed by atoms with E-state index in [2.05, 4.69) is 0 Å². The Hall–Kier alpha value is -3.19. The van der Waals surface area contributed by atoms with Gasteiger partial charge in [0.25, 0.3) is 5.91 Å². The van der Waals surface area contributed by atoms with Gasteiger partial charge in [-0.15, -0.1) is 11.3 Å². The predicted octanol–water partition coefficient (Wildman–Crippen LogP) is 5.25. The van der Waals surface area contributed by atoms with E-state index in [0.29, 0.717) is 18.7 Å². The monoisotopic (exact) mass is 480 g/mol. The molecule has 1 aromatic heterocycles. The van der Waals surface area contributed by atoms with E-state index in [9.17, 15) is 14.0 Å². The molecule has 2 amide bonds. The fourth-order valence-electron chi connectivity index (χ4n) is 4.36. The topological polar surface area (TPSA) is 49.9 Å². The van der Waals surface area contributed by atoms with Crippen LogP contribution in [0.5, 0.6) is 5.75 Å². The molecule has 0 saturated carbocycles. The van der Waals surface area contributed by atoms with Crippen molar-refractivity contribution in [3.05, 3.63) is 87.4 Å². The van der Waals surface area contributed by atoms with Crippen molar-refractivity contribution in [1.82, 2.24) is 9.80 Å². The molecule has 5 nitrogen and oxygen atoms in total. The maximum absolute atomic E-state index is 14.1. The molecule has 2 aromatic carbocycles. The normalized spacial score (nSPS) is 15.0. The second-order valence-corrected chi connectivity index (χ2v) is 9.44. The summed E-state index contributed by atoms with van der Waals surface area (Å²) in [5, 5.41) is 2.01. The number of benzene rings is 2. The van der Waals surface area contributed by atoms with Crippen molar-refractivity contribution in [2.75, 3.05) is 26.2 Å². The molecule has 2 heterocycles. The number of halogens is 1. The van der Waals surface area contributed by atoms with E-state index in [1.165, 1.54) is 10.9 Å². The zero-order valence-electron chi connectivity index (χ0n) is 19.5. The van der Waals surface area contributed by atoms with Crippen molar-refractivity contribution in [2.45, 2.75) is 32.7 Å². The number of carbonyl (C=O) groups is 2. The number of carbonyl (C=O) groups excluding carboxylic acids is 2. The van der Waals surface area contributed by atoms with Crippen LogP contribution < -0.4 is 4.74 Å². The van der Waals surface area contributed by atoms with E-state index in [-0.39, 0.29) is 36.8 Å². The van der Waals surface area contributed by atoms with Gasteiger partial charge in [-0.2, -0.15) is 0 Å². The summed E-state index contributed by atoms with van der Waals surface area (Å²) in [6.07, 6.45) is 1.51. The van der Waals surface area contributed by atoms with Crippen LogP contribution in [0.1, 0.15) is 45.7 Å². The lowest BCUT2D eigenvalue weighted by Gasteiger charge is -2.37. The first-order valence-corrected chi connectivity index (χ1v) is 12.5. The molecule has 0 N–H and O–H groups in total. The summed E-state index contributed by atoms with van der Waals surface area (Å²) in [5.74, 6) is -0.533. The second kappa shape index (κ2) is 10.8. The summed E-state index contributed by atoms with van der Waals surface area (Å²) in [7, 11) is 0. The van der Waals surface area contributed by atoms with E-state index in [0.717, 1.165) is 24.0 Å². The summed E-state index contributed by atoms with van der Waals surface area (Å²) in [4.78, 5) is 31.4. The summed E-state index contributed by atoms with van der Waals surface area (Å²) in [5.41, 5.74) is 2.54. The molecule has 0 aliphatic carbocycles. The minimum Gasteiger partial charge on any atom is -0.488 e. The Kier molecular flexibility index (Phi) is 7.63. The summed E-state index contributed by atoms with van der Waals surface area (Å²) < 4.78 is 20.0. The molecule has 3 aromatic rings. The zero-order valence-corrected chi connectivity index (χ0v) is 20.3. The number of hydrogen-bond donors (Lipinski definition) is 0. The fourth-order valence-corrected chi connectivity index (χ4v) is 5.29. The van der Waals surface area contributed by atoms with Crippen molar-refractivity contribution < 1.29 is 18.7 Å². The smallest absolute Gasteiger partial charge is 0.254 e. The van der Waals surface area contributed by atoms with Gasteiger partial charge in [0, 0.05) is 23.5 Å². The van der Waals surface area contributed by atoms with Crippen LogP contribution in [-0.4, -0.2) is 47.9 Å². The third-order valence-corrected chi connectivity index (χ3v) is 7.13. The van der Waals surface area contributed by atoms with E-state index >= 15 is 0 Å². The first kappa shape index (κ1) is 24.0. The van der Waals surface area contributed by atoms with Crippen molar-refractivity contribution in [2.24, 2.45) is 0 Å². The van der Waals surface area contributed by atoms with Gasteiger partial charge in [0.05, 0.1) is 6.04 Å². The maximum Gasteiger partial charge on any atom is 0.254 e. The van der Waals surface area contributed by atoms with Crippen molar-refractivity contribution in [3.8, 4) is 5.75 Å². The van der Waals surface area contributed by atoms with Gasteiger partial charge in [0.15, 0.2) is 11.6 Å². The van der Waals surface area contributed by atoms with Gasteiger partial charge in [-0.3, -0.25) is 9.59 Å². The Labute approximate surface area is 203 Å². The van der Waals surface area contributed by atoms with Gasteiger partial charge >= 0.3 is 0 Å². The second-order valence-electron chi connectivity index (χ2n) is 8.44. The molecule has 0 unspecified atom stereocenters. The van der Waals surface area contributed by atoms with Gasteiger partial charge < -0.3 is 14.5 Å². The highest BCUT2D eigenvalue weighted by atomic mass is 32.1. The highest BCUT2D eigenvalue weighted by Gasteiger charge is 2.33. The fraction of sp³-hybridized carbons (Fsp3) is 0.333. The first-order valence-electron chi connectivity index (χ1n) is 11.6. The molecule has 0 saturated heterocycles. The Bertz CT molecular complexity index is 1160. The minimum absolute atomic E-state index is 0.00330. The van der Waals surface area contributed by atoms with E-state index in [1.54, 1.807) is 45.4 Å². The molecule has 1 atom stereocenters. The van der Waals surface area contributed by atoms with Crippen LogP contribution in [0, 0.1) is 12.7 Å². The average Bonchev–Trinajstić information content (AvgIpc) is 3.32. The van der Waals surface area contributed by atoms with Gasteiger partial charge in [-0.25, -0.2) is 4.39 Å². The Morgan fingerprint density at radius 2 is 1.91 bits per heavy atom. The molecular formula is C27H29FN2O3S. The molecular weight excluding hydrogens is 451 g/mol. The number of amides is 2. The third kappa shape index (κ3) is 5.14. The number of aryl methyl sites for hydroxylation is 1. The predicted molar refractivity (Wildman–Crippen MR) is 132 cm³/mol. The molecule has 1 aliphatic rings. The largest absolute Gasteiger partial charge is 0.488 e. The number of thiophene rings is 1. The number of rotatable bonds is 8. The molecule has 7 heteroatoms. The molecule has 0 spiro atoms. The van der Waals surface area contributed by atoms with Crippen molar-refractivity contribution in [3.63, 3.8) is 0 Å². The standard InChI is InChI=1S/C27H29FN2O3S/c1-3-14-29(27(32)20-9-5-4-8-19(20)2)17-26(31)30-15-12-25-21(13-16-34-25)23(30)18-33-24-11-7-6-10-22(24)28/h4-11,13,16,23H,3,12,14-15,17-18H2,1-2H3/t23-/m0/s1. The Morgan fingerprint density at radius 1 is 1.15 bits per heavy atom. The van der Waals surface area contributed by atoms with Crippen LogP contribution in [0.15, 0.2) is 60.0 Å². The minimum atomic E-state index is -0.431. The van der Waals surface area contributed by atoms with Crippen LogP contribution >= 0.6 is 11.3 Å². The molecule has 0 radical (unpaired) electrons. The van der Waals surface area contributed by atoms with Crippen LogP contribution in [-0.2, 0) is 11.2 Å². The zero-order chi connectivity index (χ0) is 24.1. The lowest BCUT2D eigenvalue weighted by Crippen LogP contribution is -2.48. The SMILES string of the molecule is CCCN(CC(=O)N1CCc2sccc2[C@@H]1COc1ccccc1F)C(=O)c1ccccc1C. The Morgan fingerprint density at radius 3 is 2.68 bits per heavy atom. The lowest BCUT2D eigenvalue weighted by atomic mass is 10.00. The summed E-state index contributed by atoms with van der Waals surface area (Å²) in [6.45, 7) is 5.07. The molecule has 0 fully saturated rings. The van der Waals surface area contributed by atoms with Gasteiger partial charge in [0.2, 0.25) is 5.91 Å². The molecule has 34 heavy (non-hydrogen) atoms. The quantitative estimate of drug-likeness (QED) is 0.442. The third-order valence-electron chi connectivity index (χ3n) is 6.13. The molecule has 4 rings (SSSR count). The van der Waals surface area contributed by atoms with Crippen molar-refractivity contribution in [1.29, 1.82) is 0 Å². The van der Waals surface area contributed by atoms with Gasteiger partial charge in [-0.05, 0) is 60.5 Å². The van der Waals surface area contributed by atoms with Crippen LogP contribution in [0.2, 0.25) is 0 Å². The molecule has 178 valence electrons. The van der Waals surface area contributed by atoms with Gasteiger partial charge in [-0.1, -0.05) is 37.3 Å². The Balaban J connectivity index is 1.54. The number of nitrogens with zero attached hydrogens (tertiary/aromatic N) is 2. The van der Waals surface area contributed by atoms with Crippen LogP contribution in [0.25, 0.3) is 0 Å². The number of fused-ring (bicyclic) bond motifs is 1. The lowest BCUT2D eigenvalue weighted by molar-refractivity contribution is -0.135. The van der Waals surface area contributed by atoms with Crippen molar-refractivity contribution >= 4 is 23.2 Å². The first-order chi connectivity index (χ1) is 16.5. The highest BCUT2D eigenvalue weighted by molar-refractivity contribution is 7.10. The number of ether oxygens (including phenoxy) is 1. The highest BCUT2D eigenvalue weighted by Crippen LogP contribution is 2.34. The van der Waals surface area contributed by atoms with E-state index in [4.69, 9.17) is 4.74 Å². The molecule has 1 aliphatic heterocycles. The van der Waals surface area contributed by atoms with Crippen LogP contribution in [0.4, 0.5) is 4.39 Å². The average molecular weight is 481 g/mol. The van der Waals surface area contributed by atoms with E-state index in [1.807, 2.05) is 43.5 Å².